The van der Waals surface area contributed by atoms with Gasteiger partial charge in [0.05, 0.1) is 20.1 Å². The first kappa shape index (κ1) is 19.5. The van der Waals surface area contributed by atoms with Gasteiger partial charge in [-0.25, -0.2) is 8.42 Å². The van der Waals surface area contributed by atoms with Crippen LogP contribution >= 0.6 is 0 Å². The Hall–Kier alpha value is -0.480. The third-order valence-corrected chi connectivity index (χ3v) is 5.39. The molecule has 0 aromatic rings. The molecule has 0 fully saturated rings. The maximum absolute atomic E-state index is 13.1. The summed E-state index contributed by atoms with van der Waals surface area (Å²) in [4.78, 5) is 0. The van der Waals surface area contributed by atoms with Crippen LogP contribution in [-0.2, 0) is 14.6 Å². The van der Waals surface area contributed by atoms with Gasteiger partial charge in [-0.15, -0.1) is 0 Å². The highest BCUT2D eigenvalue weighted by Crippen LogP contribution is 2.42. The van der Waals surface area contributed by atoms with Crippen LogP contribution in [0.2, 0.25) is 0 Å². The number of nitrogens with zero attached hydrogens (tertiary/aromatic N) is 1. The van der Waals surface area contributed by atoms with Gasteiger partial charge in [-0.3, -0.25) is 0 Å². The van der Waals surface area contributed by atoms with E-state index < -0.39 is 33.2 Å². The first-order valence-corrected chi connectivity index (χ1v) is 7.38. The molecule has 0 saturated carbocycles. The zero-order valence-corrected chi connectivity index (χ0v) is 12.5. The van der Waals surface area contributed by atoms with E-state index in [-0.39, 0.29) is 4.48 Å². The molecular weight excluding hydrogens is 309 g/mol. The van der Waals surface area contributed by atoms with Crippen molar-refractivity contribution >= 4 is 9.84 Å². The number of hydrogen-bond donors (Lipinski definition) is 0. The lowest BCUT2D eigenvalue weighted by Gasteiger charge is -2.35. The molecule has 1 atom stereocenters. The lowest BCUT2D eigenvalue weighted by Crippen LogP contribution is -2.56. The Labute approximate surface area is 115 Å². The maximum Gasteiger partial charge on any atom is 0.469 e. The molecule has 0 bridgehead atoms. The van der Waals surface area contributed by atoms with Crippen molar-refractivity contribution in [2.75, 3.05) is 33.8 Å². The normalized spacial score (nSPS) is 16.2. The molecule has 0 aliphatic heterocycles. The Morgan fingerprint density at radius 2 is 1.50 bits per heavy atom. The van der Waals surface area contributed by atoms with Gasteiger partial charge in [-0.05, 0) is 13.8 Å². The third-order valence-electron chi connectivity index (χ3n) is 3.41. The van der Waals surface area contributed by atoms with E-state index in [9.17, 15) is 30.4 Å². The Balaban J connectivity index is 5.57. The number of hydrogen-bond acceptors (Lipinski definition) is 3. The second kappa shape index (κ2) is 6.10. The molecule has 0 amide bonds. The summed E-state index contributed by atoms with van der Waals surface area (Å²) in [7, 11) is -3.51. The van der Waals surface area contributed by atoms with E-state index in [0.717, 1.165) is 7.11 Å². The van der Waals surface area contributed by atoms with Gasteiger partial charge in [-0.1, -0.05) is 0 Å². The van der Waals surface area contributed by atoms with Crippen molar-refractivity contribution in [2.45, 2.75) is 30.7 Å². The number of quaternary nitrogens is 1. The second-order valence-electron chi connectivity index (χ2n) is 4.66. The summed E-state index contributed by atoms with van der Waals surface area (Å²) in [5, 5.41) is -5.84. The molecule has 0 aliphatic carbocycles. The molecule has 122 valence electrons. The molecule has 10 heteroatoms. The predicted molar refractivity (Wildman–Crippen MR) is 62.9 cm³/mol. The number of halogens is 5. The average molecular weight is 328 g/mol. The van der Waals surface area contributed by atoms with E-state index in [4.69, 9.17) is 0 Å². The van der Waals surface area contributed by atoms with Crippen LogP contribution in [0.15, 0.2) is 0 Å². The van der Waals surface area contributed by atoms with Crippen LogP contribution in [0.1, 0.15) is 13.8 Å². The van der Waals surface area contributed by atoms with Crippen molar-refractivity contribution < 1.29 is 39.6 Å². The van der Waals surface area contributed by atoms with E-state index in [0.29, 0.717) is 13.1 Å². The zero-order valence-electron chi connectivity index (χ0n) is 11.7. The summed E-state index contributed by atoms with van der Waals surface area (Å²) in [5.41, 5.74) is -2.23. The van der Waals surface area contributed by atoms with Crippen LogP contribution in [0.4, 0.5) is 22.0 Å². The Morgan fingerprint density at radius 3 is 1.75 bits per heavy atom. The zero-order chi connectivity index (χ0) is 16.4. The maximum atomic E-state index is 13.1. The minimum Gasteiger partial charge on any atom is -0.360 e. The fourth-order valence-electron chi connectivity index (χ4n) is 1.47. The molecule has 0 heterocycles. The van der Waals surface area contributed by atoms with E-state index in [1.165, 1.54) is 0 Å². The third kappa shape index (κ3) is 3.59. The molecule has 1 unspecified atom stereocenters. The van der Waals surface area contributed by atoms with Crippen LogP contribution in [0, 0.1) is 0 Å². The van der Waals surface area contributed by atoms with E-state index >= 15 is 0 Å². The summed E-state index contributed by atoms with van der Waals surface area (Å²) in [6.07, 6.45) is -6.18. The first-order chi connectivity index (χ1) is 8.79. The lowest BCUT2D eigenvalue weighted by atomic mass is 10.4. The number of alkyl halides is 5. The molecule has 0 spiro atoms. The van der Waals surface area contributed by atoms with Gasteiger partial charge in [0.15, 0.2) is 0 Å². The van der Waals surface area contributed by atoms with Gasteiger partial charge in [0.1, 0.15) is 6.54 Å². The number of likely N-dealkylation sites (N-methyl/N-ethyl adjacent to an activating group) is 1. The number of methoxy groups -OCH3 is 1. The molecule has 0 aromatic carbocycles. The van der Waals surface area contributed by atoms with Crippen molar-refractivity contribution in [3.63, 3.8) is 0 Å². The van der Waals surface area contributed by atoms with Gasteiger partial charge in [0.2, 0.25) is 5.44 Å². The van der Waals surface area contributed by atoms with Crippen molar-refractivity contribution in [2.24, 2.45) is 0 Å². The molecule has 4 nitrogen and oxygen atoms in total. The smallest absolute Gasteiger partial charge is 0.360 e. The van der Waals surface area contributed by atoms with Gasteiger partial charge >= 0.3 is 11.4 Å². The molecular formula is C10H19F5NO3S+. The monoisotopic (exact) mass is 328 g/mol. The molecule has 0 rings (SSSR count). The van der Waals surface area contributed by atoms with Crippen LogP contribution in [0.3, 0.4) is 0 Å². The summed E-state index contributed by atoms with van der Waals surface area (Å²) in [5.74, 6) is 0. The van der Waals surface area contributed by atoms with Gasteiger partial charge in [0.25, 0.3) is 9.84 Å². The largest absolute Gasteiger partial charge is 0.469 e. The molecule has 0 N–H and O–H groups in total. The minimum atomic E-state index is -6.18. The molecule has 0 aromatic heterocycles. The second-order valence-corrected chi connectivity index (χ2v) is 6.79. The molecule has 0 aliphatic rings. The van der Waals surface area contributed by atoms with Gasteiger partial charge in [-0.2, -0.15) is 22.0 Å². The highest BCUT2D eigenvalue weighted by molar-refractivity contribution is 7.93. The average Bonchev–Trinajstić information content (AvgIpc) is 2.33. The lowest BCUT2D eigenvalue weighted by molar-refractivity contribution is -0.907. The molecule has 20 heavy (non-hydrogen) atoms. The number of sulfone groups is 1. The predicted octanol–water partition coefficient (Wildman–Crippen LogP) is 2.02. The Morgan fingerprint density at radius 1 is 1.10 bits per heavy atom. The van der Waals surface area contributed by atoms with Crippen LogP contribution in [0.5, 0.6) is 0 Å². The van der Waals surface area contributed by atoms with Gasteiger partial charge < -0.3 is 9.22 Å². The summed E-state index contributed by atoms with van der Waals surface area (Å²) in [6, 6.07) is 0. The summed E-state index contributed by atoms with van der Waals surface area (Å²) < 4.78 is 90.4. The summed E-state index contributed by atoms with van der Waals surface area (Å²) >= 11 is 0. The Kier molecular flexibility index (Phi) is 5.96. The quantitative estimate of drug-likeness (QED) is 0.530. The van der Waals surface area contributed by atoms with Crippen molar-refractivity contribution in [3.8, 4) is 0 Å². The number of ether oxygens (including phenoxy) is 1. The van der Waals surface area contributed by atoms with E-state index in [1.54, 1.807) is 20.9 Å². The van der Waals surface area contributed by atoms with Gasteiger partial charge in [0, 0.05) is 7.11 Å². The highest BCUT2D eigenvalue weighted by atomic mass is 32.2. The van der Waals surface area contributed by atoms with Crippen molar-refractivity contribution in [1.29, 1.82) is 0 Å². The fraction of sp³-hybridized carbons (Fsp3) is 1.00. The van der Waals surface area contributed by atoms with E-state index in [2.05, 4.69) is 4.74 Å². The number of rotatable bonds is 7. The standard InChI is InChI=1S/C10H19F5NO3S/c1-5-16(3,6-2)7-8(19-4)20(17,18)10(14,15)9(11,12)13/h8H,5-7H2,1-4H3/q+1. The van der Waals surface area contributed by atoms with E-state index in [1.807, 2.05) is 0 Å². The van der Waals surface area contributed by atoms with Crippen LogP contribution in [-0.4, -0.2) is 63.6 Å². The SMILES string of the molecule is CC[N+](C)(CC)CC(OC)S(=O)(=O)C(F)(F)C(F)(F)F. The Bertz CT molecular complexity index is 417. The fourth-order valence-corrected chi connectivity index (χ4v) is 2.93. The van der Waals surface area contributed by atoms with Crippen molar-refractivity contribution in [3.05, 3.63) is 0 Å². The first-order valence-electron chi connectivity index (χ1n) is 5.83. The minimum absolute atomic E-state index is 0.00826. The molecule has 0 saturated heterocycles. The van der Waals surface area contributed by atoms with Crippen LogP contribution < -0.4 is 0 Å². The highest BCUT2D eigenvalue weighted by Gasteiger charge is 2.69. The van der Waals surface area contributed by atoms with Crippen molar-refractivity contribution in [1.82, 2.24) is 0 Å². The summed E-state index contributed by atoms with van der Waals surface area (Å²) in [6.45, 7) is 3.58. The molecule has 0 radical (unpaired) electrons. The van der Waals surface area contributed by atoms with Crippen LogP contribution in [0.25, 0.3) is 0 Å². The topological polar surface area (TPSA) is 43.4 Å².